The Hall–Kier alpha value is -2.18. The molecule has 0 bridgehead atoms. The number of hydrogen-bond donors (Lipinski definition) is 0. The molecule has 3 aromatic carbocycles. The molecule has 4 heteroatoms. The van der Waals surface area contributed by atoms with Crippen molar-refractivity contribution in [2.75, 3.05) is 6.61 Å². The number of halogens is 1. The number of nitrogens with zero attached hydrogens (tertiary/aromatic N) is 1. The lowest BCUT2D eigenvalue weighted by atomic mass is 9.80. The van der Waals surface area contributed by atoms with Crippen molar-refractivity contribution in [1.82, 2.24) is 0 Å². The summed E-state index contributed by atoms with van der Waals surface area (Å²) in [5, 5.41) is 4.43. The topological polar surface area (TPSA) is 30.8 Å². The molecule has 0 unspecified atom stereocenters. The molecular formula is C27H28INO2. The monoisotopic (exact) mass is 525 g/mol. The molecule has 4 rings (SSSR count). The number of rotatable bonds is 8. The summed E-state index contributed by atoms with van der Waals surface area (Å²) in [6.07, 6.45) is 6.97. The molecule has 2 atom stereocenters. The van der Waals surface area contributed by atoms with E-state index in [4.69, 9.17) is 9.57 Å². The van der Waals surface area contributed by atoms with E-state index in [1.54, 1.807) is 6.21 Å². The molecule has 0 radical (unpaired) electrons. The average molecular weight is 525 g/mol. The van der Waals surface area contributed by atoms with Gasteiger partial charge in [0, 0.05) is 20.6 Å². The third-order valence-electron chi connectivity index (χ3n) is 5.81. The fourth-order valence-corrected chi connectivity index (χ4v) is 5.24. The molecule has 160 valence electrons. The van der Waals surface area contributed by atoms with Gasteiger partial charge < -0.3 is 9.57 Å². The second-order valence-corrected chi connectivity index (χ2v) is 9.43. The van der Waals surface area contributed by atoms with E-state index in [9.17, 15) is 0 Å². The Labute approximate surface area is 198 Å². The highest BCUT2D eigenvalue weighted by atomic mass is 127. The van der Waals surface area contributed by atoms with Crippen molar-refractivity contribution in [1.29, 1.82) is 0 Å². The normalized spacial score (nSPS) is 19.4. The van der Waals surface area contributed by atoms with Crippen LogP contribution < -0.4 is 0 Å². The predicted molar refractivity (Wildman–Crippen MR) is 135 cm³/mol. The van der Waals surface area contributed by atoms with Gasteiger partial charge in [0.1, 0.15) is 0 Å². The van der Waals surface area contributed by atoms with Crippen LogP contribution >= 0.6 is 22.6 Å². The lowest BCUT2D eigenvalue weighted by molar-refractivity contribution is 0.0145. The van der Waals surface area contributed by atoms with Gasteiger partial charge in [0.2, 0.25) is 5.60 Å². The van der Waals surface area contributed by atoms with Crippen LogP contribution in [-0.2, 0) is 15.2 Å². The number of oxime groups is 1. The van der Waals surface area contributed by atoms with E-state index in [-0.39, 0.29) is 0 Å². The standard InChI is InChI=1S/C27H28INO2/c28-25-18-10-11-19-26(25)30-21-20-29-31-27(22-12-4-1-5-13-22,23-14-6-2-7-15-23)24-16-8-3-9-17-24/h1-9,12-17,20,25-26H,10-11,18-19,21H2/b29-20+/t25-,26-/m1/s1. The van der Waals surface area contributed by atoms with Crippen LogP contribution in [0, 0.1) is 0 Å². The van der Waals surface area contributed by atoms with Gasteiger partial charge in [0.15, 0.2) is 0 Å². The highest BCUT2D eigenvalue weighted by Crippen LogP contribution is 2.40. The first-order valence-corrected chi connectivity index (χ1v) is 12.2. The Morgan fingerprint density at radius 1 is 0.774 bits per heavy atom. The largest absolute Gasteiger partial charge is 0.375 e. The maximum absolute atomic E-state index is 6.39. The number of hydrogen-bond acceptors (Lipinski definition) is 3. The van der Waals surface area contributed by atoms with Crippen LogP contribution in [-0.4, -0.2) is 22.9 Å². The maximum atomic E-state index is 6.39. The van der Waals surface area contributed by atoms with Gasteiger partial charge in [-0.15, -0.1) is 0 Å². The molecule has 31 heavy (non-hydrogen) atoms. The Kier molecular flexibility index (Phi) is 7.76. The molecule has 0 N–H and O–H groups in total. The first-order valence-electron chi connectivity index (χ1n) is 10.9. The van der Waals surface area contributed by atoms with Crippen molar-refractivity contribution in [3.63, 3.8) is 0 Å². The van der Waals surface area contributed by atoms with Crippen molar-refractivity contribution in [3.05, 3.63) is 108 Å². The van der Waals surface area contributed by atoms with Crippen LogP contribution in [0.4, 0.5) is 0 Å². The lowest BCUT2D eigenvalue weighted by Crippen LogP contribution is -2.31. The second-order valence-electron chi connectivity index (χ2n) is 7.83. The molecular weight excluding hydrogens is 497 g/mol. The van der Waals surface area contributed by atoms with E-state index < -0.39 is 5.60 Å². The summed E-state index contributed by atoms with van der Waals surface area (Å²) in [6, 6.07) is 30.8. The van der Waals surface area contributed by atoms with Gasteiger partial charge >= 0.3 is 0 Å². The SMILES string of the molecule is I[C@@H]1CCCC[C@H]1OC/C=N/OC(c1ccccc1)(c1ccccc1)c1ccccc1. The van der Waals surface area contributed by atoms with Crippen molar-refractivity contribution in [3.8, 4) is 0 Å². The Morgan fingerprint density at radius 2 is 1.26 bits per heavy atom. The van der Waals surface area contributed by atoms with Crippen LogP contribution in [0.1, 0.15) is 42.4 Å². The third-order valence-corrected chi connectivity index (χ3v) is 7.24. The molecule has 3 nitrogen and oxygen atoms in total. The number of benzene rings is 3. The van der Waals surface area contributed by atoms with E-state index in [2.05, 4.69) is 64.1 Å². The van der Waals surface area contributed by atoms with Gasteiger partial charge in [-0.3, -0.25) is 0 Å². The molecule has 0 aliphatic heterocycles. The van der Waals surface area contributed by atoms with E-state index in [1.807, 2.05) is 54.6 Å². The molecule has 0 saturated heterocycles. The maximum Gasteiger partial charge on any atom is 0.212 e. The zero-order valence-electron chi connectivity index (χ0n) is 17.6. The van der Waals surface area contributed by atoms with Gasteiger partial charge in [-0.05, 0) is 12.8 Å². The Morgan fingerprint density at radius 3 is 1.74 bits per heavy atom. The Bertz CT molecular complexity index is 850. The fraction of sp³-hybridized carbons (Fsp3) is 0.296. The zero-order valence-corrected chi connectivity index (χ0v) is 19.7. The summed E-state index contributed by atoms with van der Waals surface area (Å²) >= 11 is 2.52. The molecule has 1 aliphatic rings. The van der Waals surface area contributed by atoms with Crippen LogP contribution in [0.25, 0.3) is 0 Å². The molecule has 1 fully saturated rings. The zero-order chi connectivity index (χ0) is 21.4. The predicted octanol–water partition coefficient (Wildman–Crippen LogP) is 6.74. The molecule has 1 saturated carbocycles. The molecule has 0 spiro atoms. The minimum atomic E-state index is -0.836. The van der Waals surface area contributed by atoms with Crippen molar-refractivity contribution < 1.29 is 9.57 Å². The first kappa shape index (κ1) is 22.0. The van der Waals surface area contributed by atoms with Crippen LogP contribution in [0.5, 0.6) is 0 Å². The minimum Gasteiger partial charge on any atom is -0.375 e. The van der Waals surface area contributed by atoms with Gasteiger partial charge in [0.25, 0.3) is 0 Å². The lowest BCUT2D eigenvalue weighted by Gasteiger charge is -2.33. The molecule has 3 aromatic rings. The van der Waals surface area contributed by atoms with Crippen LogP contribution in [0.3, 0.4) is 0 Å². The van der Waals surface area contributed by atoms with Gasteiger partial charge in [-0.1, -0.05) is 132 Å². The quantitative estimate of drug-likeness (QED) is 0.107. The third kappa shape index (κ3) is 5.18. The van der Waals surface area contributed by atoms with E-state index >= 15 is 0 Å². The van der Waals surface area contributed by atoms with E-state index in [1.165, 1.54) is 19.3 Å². The summed E-state index contributed by atoms with van der Waals surface area (Å²) in [5.41, 5.74) is 2.26. The summed E-state index contributed by atoms with van der Waals surface area (Å²) in [4.78, 5) is 6.39. The first-order chi connectivity index (χ1) is 15.3. The van der Waals surface area contributed by atoms with Crippen molar-refractivity contribution in [2.24, 2.45) is 5.16 Å². The smallest absolute Gasteiger partial charge is 0.212 e. The number of alkyl halides is 1. The van der Waals surface area contributed by atoms with Crippen LogP contribution in [0.2, 0.25) is 0 Å². The molecule has 0 amide bonds. The van der Waals surface area contributed by atoms with Crippen LogP contribution in [0.15, 0.2) is 96.2 Å². The average Bonchev–Trinajstić information content (AvgIpc) is 2.84. The Balaban J connectivity index is 1.62. The second kappa shape index (κ2) is 10.9. The fourth-order valence-electron chi connectivity index (χ4n) is 4.23. The minimum absolute atomic E-state index is 0.308. The van der Waals surface area contributed by atoms with Crippen molar-refractivity contribution >= 4 is 28.8 Å². The molecule has 1 aliphatic carbocycles. The summed E-state index contributed by atoms with van der Waals surface area (Å²) in [5.74, 6) is 0. The van der Waals surface area contributed by atoms with Crippen molar-refractivity contribution in [2.45, 2.75) is 41.3 Å². The summed E-state index contributed by atoms with van der Waals surface area (Å²) < 4.78 is 6.67. The summed E-state index contributed by atoms with van der Waals surface area (Å²) in [6.45, 7) is 0.457. The van der Waals surface area contributed by atoms with Gasteiger partial charge in [-0.2, -0.15) is 0 Å². The van der Waals surface area contributed by atoms with Gasteiger partial charge in [0.05, 0.1) is 18.9 Å². The highest BCUT2D eigenvalue weighted by Gasteiger charge is 2.39. The molecule has 0 aromatic heterocycles. The molecule has 0 heterocycles. The highest BCUT2D eigenvalue weighted by molar-refractivity contribution is 14.1. The van der Waals surface area contributed by atoms with Gasteiger partial charge in [-0.25, -0.2) is 0 Å². The number of ether oxygens (including phenoxy) is 1. The van der Waals surface area contributed by atoms with E-state index in [0.29, 0.717) is 16.6 Å². The summed E-state index contributed by atoms with van der Waals surface area (Å²) in [7, 11) is 0. The van der Waals surface area contributed by atoms with E-state index in [0.717, 1.165) is 23.1 Å².